The van der Waals surface area contributed by atoms with E-state index in [2.05, 4.69) is 52.8 Å². The normalized spacial score (nSPS) is 19.1. The van der Waals surface area contributed by atoms with E-state index in [9.17, 15) is 4.79 Å². The number of hydrogen-bond donors (Lipinski definition) is 1. The van der Waals surface area contributed by atoms with E-state index in [-0.39, 0.29) is 17.6 Å². The van der Waals surface area contributed by atoms with E-state index in [1.54, 1.807) is 11.3 Å². The van der Waals surface area contributed by atoms with Gasteiger partial charge in [-0.3, -0.25) is 14.1 Å². The highest BCUT2D eigenvalue weighted by molar-refractivity contribution is 7.23. The van der Waals surface area contributed by atoms with Crippen molar-refractivity contribution in [3.05, 3.63) is 65.7 Å². The Morgan fingerprint density at radius 2 is 1.98 bits per heavy atom. The zero-order chi connectivity index (χ0) is 28.1. The number of morpholine rings is 1. The van der Waals surface area contributed by atoms with E-state index in [0.717, 1.165) is 69.9 Å². The van der Waals surface area contributed by atoms with Crippen molar-refractivity contribution in [3.8, 4) is 11.3 Å². The second kappa shape index (κ2) is 10.3. The highest BCUT2D eigenvalue weighted by Gasteiger charge is 2.38. The molecule has 41 heavy (non-hydrogen) atoms. The molecule has 2 fully saturated rings. The average Bonchev–Trinajstić information content (AvgIpc) is 3.75. The van der Waals surface area contributed by atoms with Crippen molar-refractivity contribution in [2.75, 3.05) is 31.6 Å². The molecule has 0 saturated carbocycles. The molecule has 7 rings (SSSR count). The molecule has 9 nitrogen and oxygen atoms in total. The Hall–Kier alpha value is -3.60. The molecule has 4 aromatic heterocycles. The lowest BCUT2D eigenvalue weighted by atomic mass is 9.93. The van der Waals surface area contributed by atoms with Crippen molar-refractivity contribution in [2.45, 2.75) is 57.6 Å². The number of ether oxygens (including phenoxy) is 1. The Morgan fingerprint density at radius 3 is 2.71 bits per heavy atom. The second-order valence-corrected chi connectivity index (χ2v) is 13.1. The Kier molecular flexibility index (Phi) is 6.64. The van der Waals surface area contributed by atoms with Crippen LogP contribution in [0.4, 0.5) is 5.82 Å². The lowest BCUT2D eigenvalue weighted by Crippen LogP contribution is -2.39. The van der Waals surface area contributed by atoms with Gasteiger partial charge in [0.25, 0.3) is 0 Å². The fourth-order valence-corrected chi connectivity index (χ4v) is 6.72. The number of aromatic nitrogens is 4. The average molecular weight is 571 g/mol. The molecule has 6 heterocycles. The fraction of sp³-hybridized carbons (Fsp3) is 0.419. The molecule has 0 aliphatic carbocycles. The van der Waals surface area contributed by atoms with Crippen LogP contribution in [0.3, 0.4) is 0 Å². The van der Waals surface area contributed by atoms with Crippen LogP contribution in [0.15, 0.2) is 53.2 Å². The SMILES string of the molecule is CC(C)(C)c1cc(CC(=O)Cc2ccc(-c3cn4c(n3)sc3nc(NCCN5C[C@@H]6C[C@H]5CO6)ccc34)cc2)no1. The third-order valence-corrected chi connectivity index (χ3v) is 8.97. The minimum Gasteiger partial charge on any atom is -0.375 e. The lowest BCUT2D eigenvalue weighted by molar-refractivity contribution is -0.117. The fourth-order valence-electron chi connectivity index (χ4n) is 5.74. The van der Waals surface area contributed by atoms with Crippen molar-refractivity contribution in [1.82, 2.24) is 24.4 Å². The number of likely N-dealkylation sites (tertiary alicyclic amines) is 1. The first-order valence-corrected chi connectivity index (χ1v) is 15.1. The molecular weight excluding hydrogens is 536 g/mol. The molecule has 0 amide bonds. The molecule has 10 heteroatoms. The number of benzene rings is 1. The first kappa shape index (κ1) is 26.3. The standard InChI is InChI=1S/C31H34N6O3S/c1-31(2,3)27-14-21(35-40-27)13-23(38)12-19-4-6-20(7-5-19)25-17-37-26-8-9-28(34-29(26)41-30(37)33-25)32-10-11-36-16-24-15-22(36)18-39-24/h4-9,14,17,22,24H,10-13,15-16,18H2,1-3H3,(H,32,34)/t22-,24-/m0/s1. The molecule has 0 radical (unpaired) electrons. The van der Waals surface area contributed by atoms with Gasteiger partial charge in [0.05, 0.1) is 36.0 Å². The summed E-state index contributed by atoms with van der Waals surface area (Å²) in [6, 6.07) is 14.7. The van der Waals surface area contributed by atoms with E-state index in [1.807, 2.05) is 36.4 Å². The Bertz CT molecular complexity index is 1710. The van der Waals surface area contributed by atoms with E-state index >= 15 is 0 Å². The number of nitrogens with zero attached hydrogens (tertiary/aromatic N) is 5. The molecular formula is C31H34N6O3S. The molecule has 2 atom stereocenters. The number of thiazole rings is 1. The van der Waals surface area contributed by atoms with E-state index < -0.39 is 0 Å². The van der Waals surface area contributed by atoms with E-state index in [0.29, 0.717) is 24.3 Å². The van der Waals surface area contributed by atoms with Crippen LogP contribution in [-0.4, -0.2) is 68.6 Å². The topological polar surface area (TPSA) is 97.8 Å². The summed E-state index contributed by atoms with van der Waals surface area (Å²) >= 11 is 1.59. The first-order chi connectivity index (χ1) is 19.8. The molecule has 2 bridgehead atoms. The lowest BCUT2D eigenvalue weighted by Gasteiger charge is -2.26. The van der Waals surface area contributed by atoms with Crippen LogP contribution in [0.1, 0.15) is 44.2 Å². The van der Waals surface area contributed by atoms with Crippen molar-refractivity contribution in [3.63, 3.8) is 0 Å². The summed E-state index contributed by atoms with van der Waals surface area (Å²) in [5.74, 6) is 1.80. The second-order valence-electron chi connectivity index (χ2n) is 12.2. The maximum Gasteiger partial charge on any atom is 0.196 e. The van der Waals surface area contributed by atoms with E-state index in [4.69, 9.17) is 19.2 Å². The molecule has 2 saturated heterocycles. The summed E-state index contributed by atoms with van der Waals surface area (Å²) in [7, 11) is 0. The zero-order valence-electron chi connectivity index (χ0n) is 23.6. The minimum atomic E-state index is -0.127. The number of hydrogen-bond acceptors (Lipinski definition) is 9. The van der Waals surface area contributed by atoms with Crippen LogP contribution in [0.2, 0.25) is 0 Å². The maximum absolute atomic E-state index is 12.7. The number of ketones is 1. The molecule has 2 aliphatic heterocycles. The Labute approximate surface area is 242 Å². The first-order valence-electron chi connectivity index (χ1n) is 14.2. The number of nitrogens with one attached hydrogen (secondary N) is 1. The van der Waals surface area contributed by atoms with Crippen molar-refractivity contribution >= 4 is 38.2 Å². The highest BCUT2D eigenvalue weighted by Crippen LogP contribution is 2.30. The smallest absolute Gasteiger partial charge is 0.196 e. The third kappa shape index (κ3) is 5.39. The molecule has 1 aromatic carbocycles. The molecule has 2 aliphatic rings. The van der Waals surface area contributed by atoms with Crippen molar-refractivity contribution in [2.24, 2.45) is 0 Å². The third-order valence-electron chi connectivity index (χ3n) is 8.01. The van der Waals surface area contributed by atoms with Gasteiger partial charge < -0.3 is 14.6 Å². The highest BCUT2D eigenvalue weighted by atomic mass is 32.1. The van der Waals surface area contributed by atoms with Crippen molar-refractivity contribution < 1.29 is 14.1 Å². The zero-order valence-corrected chi connectivity index (χ0v) is 24.4. The van der Waals surface area contributed by atoms with Crippen molar-refractivity contribution in [1.29, 1.82) is 0 Å². The maximum atomic E-state index is 12.7. The number of rotatable bonds is 9. The number of fused-ring (bicyclic) bond motifs is 5. The number of pyridine rings is 1. The number of imidazole rings is 1. The Balaban J connectivity index is 0.978. The molecule has 0 spiro atoms. The molecule has 0 unspecified atom stereocenters. The minimum absolute atomic E-state index is 0.111. The quantitative estimate of drug-likeness (QED) is 0.260. The van der Waals surface area contributed by atoms with Crippen LogP contribution >= 0.6 is 11.3 Å². The van der Waals surface area contributed by atoms with Gasteiger partial charge >= 0.3 is 0 Å². The van der Waals surface area contributed by atoms with Gasteiger partial charge in [0.15, 0.2) is 4.96 Å². The molecule has 5 aromatic rings. The van der Waals surface area contributed by atoms with Gasteiger partial charge in [-0.2, -0.15) is 0 Å². The Morgan fingerprint density at radius 1 is 1.12 bits per heavy atom. The number of carbonyl (C=O) groups excluding carboxylic acids is 1. The number of Topliss-reactive ketones (excluding diaryl/α,β-unsaturated/α-hetero) is 1. The van der Waals surface area contributed by atoms with Crippen LogP contribution in [0.5, 0.6) is 0 Å². The summed E-state index contributed by atoms with van der Waals surface area (Å²) in [6.07, 6.45) is 4.30. The monoisotopic (exact) mass is 570 g/mol. The summed E-state index contributed by atoms with van der Waals surface area (Å²) in [5.41, 5.74) is 4.50. The van der Waals surface area contributed by atoms with Gasteiger partial charge in [0, 0.05) is 55.3 Å². The predicted molar refractivity (Wildman–Crippen MR) is 160 cm³/mol. The molecule has 212 valence electrons. The van der Waals surface area contributed by atoms with Crippen LogP contribution < -0.4 is 5.32 Å². The molecule has 1 N–H and O–H groups in total. The number of anilines is 1. The van der Waals surface area contributed by atoms with Gasteiger partial charge in [-0.05, 0) is 24.1 Å². The van der Waals surface area contributed by atoms with Crippen LogP contribution in [-0.2, 0) is 27.8 Å². The van der Waals surface area contributed by atoms with Gasteiger partial charge in [0.1, 0.15) is 22.2 Å². The summed E-state index contributed by atoms with van der Waals surface area (Å²) in [5, 5.41) is 7.56. The largest absolute Gasteiger partial charge is 0.375 e. The summed E-state index contributed by atoms with van der Waals surface area (Å²) in [4.78, 5) is 26.8. The van der Waals surface area contributed by atoms with E-state index in [1.165, 1.54) is 6.42 Å². The van der Waals surface area contributed by atoms with Gasteiger partial charge in [0.2, 0.25) is 0 Å². The number of carbonyl (C=O) groups is 1. The van der Waals surface area contributed by atoms with Crippen LogP contribution in [0, 0.1) is 0 Å². The summed E-state index contributed by atoms with van der Waals surface area (Å²) in [6.45, 7) is 9.99. The van der Waals surface area contributed by atoms with Gasteiger partial charge in [-0.1, -0.05) is 61.5 Å². The van der Waals surface area contributed by atoms with Crippen LogP contribution in [0.25, 0.3) is 26.6 Å². The summed E-state index contributed by atoms with van der Waals surface area (Å²) < 4.78 is 13.2. The predicted octanol–water partition coefficient (Wildman–Crippen LogP) is 5.14. The van der Waals surface area contributed by atoms with Gasteiger partial charge in [-0.25, -0.2) is 9.97 Å². The van der Waals surface area contributed by atoms with Gasteiger partial charge in [-0.15, -0.1) is 0 Å².